The molecule has 122 valence electrons. The Morgan fingerprint density at radius 1 is 1.18 bits per heavy atom. The Balaban J connectivity index is 1.59. The van der Waals surface area contributed by atoms with Crippen molar-refractivity contribution in [2.45, 2.75) is 25.7 Å². The van der Waals surface area contributed by atoms with Gasteiger partial charge in [0.2, 0.25) is 0 Å². The third-order valence-corrected chi connectivity index (χ3v) is 4.81. The van der Waals surface area contributed by atoms with Gasteiger partial charge in [-0.15, -0.1) is 0 Å². The number of likely N-dealkylation sites (N-methyl/N-ethyl adjacent to an activating group) is 1. The lowest BCUT2D eigenvalue weighted by Gasteiger charge is -2.32. The SMILES string of the molecule is COc1cc2c(c(CCCN3CCN(C)CC3)c1)OCCC2. The van der Waals surface area contributed by atoms with Gasteiger partial charge in [0, 0.05) is 26.2 Å². The van der Waals surface area contributed by atoms with Crippen LogP contribution in [0.15, 0.2) is 12.1 Å². The molecule has 0 aromatic heterocycles. The Morgan fingerprint density at radius 2 is 2.00 bits per heavy atom. The van der Waals surface area contributed by atoms with Gasteiger partial charge in [0.1, 0.15) is 11.5 Å². The van der Waals surface area contributed by atoms with Gasteiger partial charge in [0.15, 0.2) is 0 Å². The molecule has 0 saturated carbocycles. The van der Waals surface area contributed by atoms with Gasteiger partial charge in [0.25, 0.3) is 0 Å². The monoisotopic (exact) mass is 304 g/mol. The Morgan fingerprint density at radius 3 is 2.77 bits per heavy atom. The van der Waals surface area contributed by atoms with Crippen molar-refractivity contribution in [3.8, 4) is 11.5 Å². The van der Waals surface area contributed by atoms with E-state index in [9.17, 15) is 0 Å². The van der Waals surface area contributed by atoms with Gasteiger partial charge in [-0.25, -0.2) is 0 Å². The van der Waals surface area contributed by atoms with E-state index in [4.69, 9.17) is 9.47 Å². The Hall–Kier alpha value is -1.26. The molecular formula is C18H28N2O2. The molecule has 0 atom stereocenters. The molecule has 0 unspecified atom stereocenters. The highest BCUT2D eigenvalue weighted by Gasteiger charge is 2.17. The van der Waals surface area contributed by atoms with Crippen LogP contribution in [0.2, 0.25) is 0 Å². The number of rotatable bonds is 5. The summed E-state index contributed by atoms with van der Waals surface area (Å²) in [6, 6.07) is 4.30. The first-order chi connectivity index (χ1) is 10.8. The number of benzene rings is 1. The highest BCUT2D eigenvalue weighted by Crippen LogP contribution is 2.34. The highest BCUT2D eigenvalue weighted by atomic mass is 16.5. The maximum atomic E-state index is 5.93. The minimum atomic E-state index is 0.852. The fraction of sp³-hybridized carbons (Fsp3) is 0.667. The van der Waals surface area contributed by atoms with Crippen LogP contribution in [0.25, 0.3) is 0 Å². The first-order valence-corrected chi connectivity index (χ1v) is 8.50. The molecule has 2 aliphatic rings. The van der Waals surface area contributed by atoms with Crippen LogP contribution < -0.4 is 9.47 Å². The Labute approximate surface area is 134 Å². The maximum absolute atomic E-state index is 5.93. The Kier molecular flexibility index (Phi) is 5.21. The number of ether oxygens (including phenoxy) is 2. The van der Waals surface area contributed by atoms with Crippen LogP contribution in [-0.4, -0.2) is 63.3 Å². The highest BCUT2D eigenvalue weighted by molar-refractivity contribution is 5.48. The van der Waals surface area contributed by atoms with Crippen LogP contribution >= 0.6 is 0 Å². The molecule has 0 spiro atoms. The second-order valence-electron chi connectivity index (χ2n) is 6.48. The molecule has 1 aromatic rings. The van der Waals surface area contributed by atoms with E-state index < -0.39 is 0 Å². The van der Waals surface area contributed by atoms with Crippen molar-refractivity contribution in [1.82, 2.24) is 9.80 Å². The summed E-state index contributed by atoms with van der Waals surface area (Å²) >= 11 is 0. The van der Waals surface area contributed by atoms with Gasteiger partial charge in [-0.2, -0.15) is 0 Å². The third-order valence-electron chi connectivity index (χ3n) is 4.81. The van der Waals surface area contributed by atoms with E-state index in [0.29, 0.717) is 0 Å². The number of nitrogens with zero attached hydrogens (tertiary/aromatic N) is 2. The molecular weight excluding hydrogens is 276 g/mol. The fourth-order valence-electron chi connectivity index (χ4n) is 3.40. The zero-order valence-electron chi connectivity index (χ0n) is 13.9. The van der Waals surface area contributed by atoms with E-state index in [0.717, 1.165) is 37.4 Å². The topological polar surface area (TPSA) is 24.9 Å². The summed E-state index contributed by atoms with van der Waals surface area (Å²) in [5.41, 5.74) is 2.64. The molecule has 4 heteroatoms. The van der Waals surface area contributed by atoms with Crippen LogP contribution in [-0.2, 0) is 12.8 Å². The molecule has 1 saturated heterocycles. The standard InChI is InChI=1S/C18H28N2O2/c1-19-8-10-20(11-9-19)7-3-5-15-13-17(21-2)14-16-6-4-12-22-18(15)16/h13-14H,3-12H2,1-2H3. The van der Waals surface area contributed by atoms with Crippen molar-refractivity contribution in [3.63, 3.8) is 0 Å². The van der Waals surface area contributed by atoms with Gasteiger partial charge >= 0.3 is 0 Å². The molecule has 1 aromatic carbocycles. The molecule has 0 radical (unpaired) electrons. The molecule has 3 rings (SSSR count). The van der Waals surface area contributed by atoms with Crippen molar-refractivity contribution in [2.24, 2.45) is 0 Å². The predicted molar refractivity (Wildman–Crippen MR) is 89.1 cm³/mol. The van der Waals surface area contributed by atoms with E-state index in [1.165, 1.54) is 50.3 Å². The quantitative estimate of drug-likeness (QED) is 0.832. The van der Waals surface area contributed by atoms with Gasteiger partial charge < -0.3 is 19.3 Å². The van der Waals surface area contributed by atoms with Crippen LogP contribution in [0.1, 0.15) is 24.0 Å². The molecule has 22 heavy (non-hydrogen) atoms. The third kappa shape index (κ3) is 3.73. The van der Waals surface area contributed by atoms with Gasteiger partial charge in [-0.3, -0.25) is 0 Å². The average molecular weight is 304 g/mol. The average Bonchev–Trinajstić information content (AvgIpc) is 2.56. The minimum absolute atomic E-state index is 0.852. The summed E-state index contributed by atoms with van der Waals surface area (Å²) < 4.78 is 11.4. The molecule has 1 fully saturated rings. The van der Waals surface area contributed by atoms with Crippen LogP contribution in [0.4, 0.5) is 0 Å². The largest absolute Gasteiger partial charge is 0.497 e. The van der Waals surface area contributed by atoms with Crippen molar-refractivity contribution < 1.29 is 9.47 Å². The van der Waals surface area contributed by atoms with E-state index in [1.807, 2.05) is 0 Å². The number of hydrogen-bond acceptors (Lipinski definition) is 4. The zero-order chi connectivity index (χ0) is 15.4. The van der Waals surface area contributed by atoms with Crippen molar-refractivity contribution >= 4 is 0 Å². The number of hydrogen-bond donors (Lipinski definition) is 0. The fourth-order valence-corrected chi connectivity index (χ4v) is 3.40. The first-order valence-electron chi connectivity index (χ1n) is 8.50. The summed E-state index contributed by atoms with van der Waals surface area (Å²) in [6.07, 6.45) is 4.48. The normalized spacial score (nSPS) is 19.5. The summed E-state index contributed by atoms with van der Waals surface area (Å²) in [7, 11) is 3.95. The van der Waals surface area contributed by atoms with E-state index >= 15 is 0 Å². The van der Waals surface area contributed by atoms with Gasteiger partial charge in [-0.1, -0.05) is 0 Å². The molecule has 0 N–H and O–H groups in total. The smallest absolute Gasteiger partial charge is 0.125 e. The summed E-state index contributed by atoms with van der Waals surface area (Å²) in [5, 5.41) is 0. The minimum Gasteiger partial charge on any atom is -0.497 e. The zero-order valence-corrected chi connectivity index (χ0v) is 13.9. The van der Waals surface area contributed by atoms with Crippen LogP contribution in [0.5, 0.6) is 11.5 Å². The lowest BCUT2D eigenvalue weighted by molar-refractivity contribution is 0.153. The van der Waals surface area contributed by atoms with E-state index in [-0.39, 0.29) is 0 Å². The molecule has 4 nitrogen and oxygen atoms in total. The molecule has 0 bridgehead atoms. The number of aryl methyl sites for hydroxylation is 2. The van der Waals surface area contributed by atoms with E-state index in [1.54, 1.807) is 7.11 Å². The van der Waals surface area contributed by atoms with E-state index in [2.05, 4.69) is 29.0 Å². The second-order valence-corrected chi connectivity index (χ2v) is 6.48. The summed E-state index contributed by atoms with van der Waals surface area (Å²) in [5.74, 6) is 2.10. The molecule has 0 amide bonds. The van der Waals surface area contributed by atoms with Crippen LogP contribution in [0.3, 0.4) is 0 Å². The lowest BCUT2D eigenvalue weighted by atomic mass is 9.99. The lowest BCUT2D eigenvalue weighted by Crippen LogP contribution is -2.44. The van der Waals surface area contributed by atoms with Gasteiger partial charge in [-0.05, 0) is 62.5 Å². The van der Waals surface area contributed by atoms with Crippen LogP contribution in [0, 0.1) is 0 Å². The Bertz CT molecular complexity index is 496. The number of methoxy groups -OCH3 is 1. The second kappa shape index (κ2) is 7.34. The van der Waals surface area contributed by atoms with Crippen molar-refractivity contribution in [3.05, 3.63) is 23.3 Å². The first kappa shape index (κ1) is 15.6. The van der Waals surface area contributed by atoms with Gasteiger partial charge in [0.05, 0.1) is 13.7 Å². The number of piperazine rings is 1. The molecule has 0 aliphatic carbocycles. The molecule has 2 aliphatic heterocycles. The summed E-state index contributed by atoms with van der Waals surface area (Å²) in [4.78, 5) is 4.98. The molecule has 2 heterocycles. The predicted octanol–water partition coefficient (Wildman–Crippen LogP) is 2.20. The number of fused-ring (bicyclic) bond motifs is 1. The van der Waals surface area contributed by atoms with Crippen molar-refractivity contribution in [2.75, 3.05) is 53.5 Å². The van der Waals surface area contributed by atoms with Crippen molar-refractivity contribution in [1.29, 1.82) is 0 Å². The maximum Gasteiger partial charge on any atom is 0.125 e. The summed E-state index contributed by atoms with van der Waals surface area (Å²) in [6.45, 7) is 6.81.